The van der Waals surface area contributed by atoms with Crippen LogP contribution in [0.2, 0.25) is 0 Å². The van der Waals surface area contributed by atoms with Crippen molar-refractivity contribution in [3.05, 3.63) is 69.6 Å². The number of benzene rings is 1. The SMILES string of the molecule is C=CCn1c(CCSc2ccccc2)nc2c1c(=O)[nH]c(=O)n2C. The van der Waals surface area contributed by atoms with Crippen LogP contribution in [0.4, 0.5) is 0 Å². The highest BCUT2D eigenvalue weighted by Gasteiger charge is 2.16. The number of imidazole rings is 1. The molecule has 0 aliphatic rings. The van der Waals surface area contributed by atoms with E-state index in [0.717, 1.165) is 11.6 Å². The number of thioether (sulfide) groups is 1. The summed E-state index contributed by atoms with van der Waals surface area (Å²) in [5.41, 5.74) is -0.0487. The monoisotopic (exact) mass is 342 g/mol. The largest absolute Gasteiger partial charge is 0.329 e. The third-order valence-electron chi connectivity index (χ3n) is 3.74. The lowest BCUT2D eigenvalue weighted by molar-refractivity contribution is 0.769. The second kappa shape index (κ2) is 6.92. The van der Waals surface area contributed by atoms with Gasteiger partial charge in [-0.1, -0.05) is 24.3 Å². The minimum atomic E-state index is -0.457. The Kier molecular flexibility index (Phi) is 4.71. The zero-order chi connectivity index (χ0) is 17.1. The highest BCUT2D eigenvalue weighted by atomic mass is 32.2. The van der Waals surface area contributed by atoms with Crippen molar-refractivity contribution < 1.29 is 0 Å². The molecule has 0 bridgehead atoms. The van der Waals surface area contributed by atoms with E-state index >= 15 is 0 Å². The minimum Gasteiger partial charge on any atom is -0.318 e. The van der Waals surface area contributed by atoms with E-state index in [0.29, 0.717) is 24.1 Å². The van der Waals surface area contributed by atoms with Gasteiger partial charge in [0, 0.05) is 30.7 Å². The zero-order valence-electron chi connectivity index (χ0n) is 13.4. The summed E-state index contributed by atoms with van der Waals surface area (Å²) in [6.07, 6.45) is 2.41. The van der Waals surface area contributed by atoms with E-state index in [-0.39, 0.29) is 0 Å². The maximum atomic E-state index is 12.2. The number of fused-ring (bicyclic) bond motifs is 1. The van der Waals surface area contributed by atoms with E-state index in [9.17, 15) is 9.59 Å². The summed E-state index contributed by atoms with van der Waals surface area (Å²) in [4.78, 5) is 32.0. The molecule has 0 unspecified atom stereocenters. The predicted octanol–water partition coefficient (Wildman–Crippen LogP) is 1.94. The van der Waals surface area contributed by atoms with Crippen molar-refractivity contribution in [1.29, 1.82) is 0 Å². The Balaban J connectivity index is 1.95. The fourth-order valence-corrected chi connectivity index (χ4v) is 3.44. The van der Waals surface area contributed by atoms with E-state index < -0.39 is 11.2 Å². The van der Waals surface area contributed by atoms with Gasteiger partial charge in [-0.05, 0) is 12.1 Å². The number of H-pyrrole nitrogens is 1. The van der Waals surface area contributed by atoms with Crippen LogP contribution in [-0.4, -0.2) is 24.9 Å². The summed E-state index contributed by atoms with van der Waals surface area (Å²) in [7, 11) is 1.61. The molecule has 1 aromatic carbocycles. The molecule has 0 saturated heterocycles. The van der Waals surface area contributed by atoms with Gasteiger partial charge in [0.25, 0.3) is 5.56 Å². The molecular weight excluding hydrogens is 324 g/mol. The Morgan fingerprint density at radius 2 is 2.04 bits per heavy atom. The van der Waals surface area contributed by atoms with Gasteiger partial charge in [-0.25, -0.2) is 9.78 Å². The highest BCUT2D eigenvalue weighted by molar-refractivity contribution is 7.99. The Morgan fingerprint density at radius 3 is 2.75 bits per heavy atom. The van der Waals surface area contributed by atoms with Crippen LogP contribution >= 0.6 is 11.8 Å². The van der Waals surface area contributed by atoms with Crippen LogP contribution in [0.5, 0.6) is 0 Å². The van der Waals surface area contributed by atoms with Crippen molar-refractivity contribution in [3.8, 4) is 0 Å². The molecule has 0 atom stereocenters. The van der Waals surface area contributed by atoms with Crippen LogP contribution in [-0.2, 0) is 20.0 Å². The molecule has 2 heterocycles. The number of rotatable bonds is 6. The zero-order valence-corrected chi connectivity index (χ0v) is 14.2. The Morgan fingerprint density at radius 1 is 1.29 bits per heavy atom. The van der Waals surface area contributed by atoms with Crippen LogP contribution in [0.15, 0.2) is 57.5 Å². The molecule has 0 spiro atoms. The third kappa shape index (κ3) is 3.07. The number of nitrogens with one attached hydrogen (secondary N) is 1. The molecule has 2 aromatic heterocycles. The summed E-state index contributed by atoms with van der Waals surface area (Å²) in [5.74, 6) is 1.61. The summed E-state index contributed by atoms with van der Waals surface area (Å²) in [6, 6.07) is 10.1. The number of aromatic amines is 1. The minimum absolute atomic E-state index is 0.408. The lowest BCUT2D eigenvalue weighted by atomic mass is 10.4. The maximum Gasteiger partial charge on any atom is 0.329 e. The first-order chi connectivity index (χ1) is 11.6. The summed E-state index contributed by atoms with van der Waals surface area (Å²) in [5, 5.41) is 0. The van der Waals surface area contributed by atoms with Gasteiger partial charge in [0.1, 0.15) is 5.82 Å². The predicted molar refractivity (Wildman–Crippen MR) is 96.7 cm³/mol. The first-order valence-electron chi connectivity index (χ1n) is 7.59. The lowest BCUT2D eigenvalue weighted by Gasteiger charge is -2.06. The molecule has 24 heavy (non-hydrogen) atoms. The van der Waals surface area contributed by atoms with Crippen LogP contribution in [0.3, 0.4) is 0 Å². The molecule has 0 amide bonds. The van der Waals surface area contributed by atoms with Crippen LogP contribution in [0.1, 0.15) is 5.82 Å². The number of aryl methyl sites for hydroxylation is 2. The number of hydrogen-bond acceptors (Lipinski definition) is 4. The highest BCUT2D eigenvalue weighted by Crippen LogP contribution is 2.19. The molecule has 1 N–H and O–H groups in total. The maximum absolute atomic E-state index is 12.2. The number of allylic oxidation sites excluding steroid dienone is 1. The molecule has 6 nitrogen and oxygen atoms in total. The molecule has 124 valence electrons. The van der Waals surface area contributed by atoms with Crippen LogP contribution < -0.4 is 11.2 Å². The number of aromatic nitrogens is 4. The van der Waals surface area contributed by atoms with Crippen molar-refractivity contribution in [2.75, 3.05) is 5.75 Å². The topological polar surface area (TPSA) is 72.7 Å². The first-order valence-corrected chi connectivity index (χ1v) is 8.57. The van der Waals surface area contributed by atoms with Gasteiger partial charge < -0.3 is 4.57 Å². The normalized spacial score (nSPS) is 11.0. The molecule has 3 aromatic rings. The lowest BCUT2D eigenvalue weighted by Crippen LogP contribution is -2.29. The molecule has 0 radical (unpaired) electrons. The van der Waals surface area contributed by atoms with E-state index in [1.54, 1.807) is 24.9 Å². The summed E-state index contributed by atoms with van der Waals surface area (Å²) in [6.45, 7) is 4.22. The van der Waals surface area contributed by atoms with Crippen molar-refractivity contribution in [3.63, 3.8) is 0 Å². The van der Waals surface area contributed by atoms with Crippen LogP contribution in [0.25, 0.3) is 11.2 Å². The molecule has 7 heteroatoms. The summed E-state index contributed by atoms with van der Waals surface area (Å²) >= 11 is 1.73. The van der Waals surface area contributed by atoms with Crippen LogP contribution in [0, 0.1) is 0 Å². The van der Waals surface area contributed by atoms with E-state index in [4.69, 9.17) is 0 Å². The fourth-order valence-electron chi connectivity index (χ4n) is 2.57. The second-order valence-electron chi connectivity index (χ2n) is 5.33. The van der Waals surface area contributed by atoms with E-state index in [1.165, 1.54) is 9.46 Å². The van der Waals surface area contributed by atoms with E-state index in [1.807, 2.05) is 22.8 Å². The van der Waals surface area contributed by atoms with Gasteiger partial charge in [-0.3, -0.25) is 14.3 Å². The quantitative estimate of drug-likeness (QED) is 0.549. The fraction of sp³-hybridized carbons (Fsp3) is 0.235. The molecular formula is C17H18N4O2S. The first kappa shape index (κ1) is 16.3. The smallest absolute Gasteiger partial charge is 0.318 e. The molecule has 0 saturated carbocycles. The van der Waals surface area contributed by atoms with Gasteiger partial charge in [0.05, 0.1) is 0 Å². The van der Waals surface area contributed by atoms with Crippen molar-refractivity contribution in [2.45, 2.75) is 17.9 Å². The van der Waals surface area contributed by atoms with Gasteiger partial charge in [-0.15, -0.1) is 18.3 Å². The van der Waals surface area contributed by atoms with E-state index in [2.05, 4.69) is 28.7 Å². The van der Waals surface area contributed by atoms with Gasteiger partial charge >= 0.3 is 5.69 Å². The standard InChI is InChI=1S/C17H18N4O2S/c1-3-10-21-13(9-11-24-12-7-5-4-6-8-12)18-15-14(21)16(22)19-17(23)20(15)2/h3-8H,1,9-11H2,2H3,(H,19,22,23). The average molecular weight is 342 g/mol. The van der Waals surface area contributed by atoms with Crippen molar-refractivity contribution >= 4 is 22.9 Å². The van der Waals surface area contributed by atoms with Gasteiger partial charge in [0.15, 0.2) is 11.2 Å². The Hall–Kier alpha value is -2.54. The Bertz CT molecular complexity index is 985. The number of hydrogen-bond donors (Lipinski definition) is 1. The van der Waals surface area contributed by atoms with Gasteiger partial charge in [0.2, 0.25) is 0 Å². The second-order valence-corrected chi connectivity index (χ2v) is 6.50. The Labute approximate surface area is 142 Å². The average Bonchev–Trinajstić information content (AvgIpc) is 2.93. The molecule has 0 fully saturated rings. The molecule has 3 rings (SSSR count). The molecule has 0 aliphatic heterocycles. The third-order valence-corrected chi connectivity index (χ3v) is 4.75. The van der Waals surface area contributed by atoms with Crippen molar-refractivity contribution in [2.24, 2.45) is 7.05 Å². The summed E-state index contributed by atoms with van der Waals surface area (Å²) < 4.78 is 3.19. The van der Waals surface area contributed by atoms with Gasteiger partial charge in [-0.2, -0.15) is 0 Å². The number of nitrogens with zero attached hydrogens (tertiary/aromatic N) is 3. The molecule has 0 aliphatic carbocycles. The van der Waals surface area contributed by atoms with Crippen molar-refractivity contribution in [1.82, 2.24) is 19.1 Å².